The van der Waals surface area contributed by atoms with E-state index in [4.69, 9.17) is 23.2 Å². The van der Waals surface area contributed by atoms with Gasteiger partial charge in [0.25, 0.3) is 10.0 Å². The number of carbonyl (C=O) groups is 1. The van der Waals surface area contributed by atoms with E-state index < -0.39 is 10.0 Å². The van der Waals surface area contributed by atoms with Crippen molar-refractivity contribution in [1.29, 1.82) is 0 Å². The second-order valence-corrected chi connectivity index (χ2v) is 7.40. The molecule has 0 spiro atoms. The van der Waals surface area contributed by atoms with E-state index in [1.807, 2.05) is 0 Å². The topological polar surface area (TPSA) is 63.2 Å². The molecule has 0 aliphatic rings. The molecule has 0 aliphatic carbocycles. The van der Waals surface area contributed by atoms with Crippen molar-refractivity contribution < 1.29 is 13.2 Å². The third-order valence-electron chi connectivity index (χ3n) is 3.22. The number of benzene rings is 2. The van der Waals surface area contributed by atoms with E-state index >= 15 is 0 Å². The minimum atomic E-state index is -3.72. The van der Waals surface area contributed by atoms with Gasteiger partial charge < -0.3 is 0 Å². The van der Waals surface area contributed by atoms with Gasteiger partial charge in [0.05, 0.1) is 10.6 Å². The van der Waals surface area contributed by atoms with Crippen molar-refractivity contribution >= 4 is 44.7 Å². The quantitative estimate of drug-likeness (QED) is 0.822. The van der Waals surface area contributed by atoms with Crippen molar-refractivity contribution in [3.63, 3.8) is 0 Å². The number of anilines is 1. The van der Waals surface area contributed by atoms with E-state index in [2.05, 4.69) is 4.72 Å². The number of halogens is 2. The van der Waals surface area contributed by atoms with E-state index in [0.717, 1.165) is 0 Å². The van der Waals surface area contributed by atoms with Crippen LogP contribution in [-0.4, -0.2) is 14.2 Å². The Labute approximate surface area is 145 Å². The molecule has 2 aromatic rings. The molecule has 0 amide bonds. The highest BCUT2D eigenvalue weighted by molar-refractivity contribution is 7.92. The molecule has 1 N–H and O–H groups in total. The molecule has 2 aromatic carbocycles. The molecule has 0 bridgehead atoms. The van der Waals surface area contributed by atoms with Crippen LogP contribution in [0.5, 0.6) is 0 Å². The molecular formula is C16H15Cl2NO3S. The summed E-state index contributed by atoms with van der Waals surface area (Å²) in [6, 6.07) is 10.9. The Hall–Kier alpha value is -1.56. The van der Waals surface area contributed by atoms with Crippen molar-refractivity contribution in [2.75, 3.05) is 4.72 Å². The molecule has 0 aromatic heterocycles. The molecule has 2 rings (SSSR count). The van der Waals surface area contributed by atoms with Crippen LogP contribution in [0.2, 0.25) is 10.0 Å². The lowest BCUT2D eigenvalue weighted by Crippen LogP contribution is -2.13. The van der Waals surface area contributed by atoms with Crippen molar-refractivity contribution in [2.24, 2.45) is 0 Å². The van der Waals surface area contributed by atoms with Gasteiger partial charge in [0, 0.05) is 22.9 Å². The first-order chi connectivity index (χ1) is 10.8. The molecule has 0 aliphatic heterocycles. The van der Waals surface area contributed by atoms with Crippen molar-refractivity contribution in [3.05, 3.63) is 58.1 Å². The Morgan fingerprint density at radius 2 is 1.65 bits per heavy atom. The van der Waals surface area contributed by atoms with Crippen LogP contribution < -0.4 is 4.72 Å². The van der Waals surface area contributed by atoms with Gasteiger partial charge in [-0.05, 0) is 29.8 Å². The Kier molecular flexibility index (Phi) is 5.68. The predicted molar refractivity (Wildman–Crippen MR) is 92.7 cm³/mol. The van der Waals surface area contributed by atoms with Crippen LogP contribution in [0.15, 0.2) is 47.4 Å². The average molecular weight is 372 g/mol. The van der Waals surface area contributed by atoms with E-state index in [0.29, 0.717) is 12.0 Å². The summed E-state index contributed by atoms with van der Waals surface area (Å²) in [6.07, 6.45) is 0.509. The standard InChI is InChI=1S/C16H15Cl2NO3S/c1-2-12(20)10-14-15(17)8-11(9-16(14)18)19-23(21,22)13-6-4-3-5-7-13/h3-9,19H,2,10H2,1H3. The number of carbonyl (C=O) groups excluding carboxylic acids is 1. The van der Waals surface area contributed by atoms with Gasteiger partial charge in [0.1, 0.15) is 5.78 Å². The van der Waals surface area contributed by atoms with Gasteiger partial charge in [0.2, 0.25) is 0 Å². The van der Waals surface area contributed by atoms with E-state index in [-0.39, 0.29) is 32.8 Å². The maximum absolute atomic E-state index is 12.3. The van der Waals surface area contributed by atoms with E-state index in [9.17, 15) is 13.2 Å². The van der Waals surface area contributed by atoms with Gasteiger partial charge in [-0.1, -0.05) is 48.3 Å². The van der Waals surface area contributed by atoms with Crippen LogP contribution >= 0.6 is 23.2 Å². The lowest BCUT2D eigenvalue weighted by atomic mass is 10.1. The Morgan fingerprint density at radius 3 is 2.17 bits per heavy atom. The van der Waals surface area contributed by atoms with Gasteiger partial charge in [0.15, 0.2) is 0 Å². The summed E-state index contributed by atoms with van der Waals surface area (Å²) in [5.74, 6) is 0.00594. The van der Waals surface area contributed by atoms with Gasteiger partial charge in [-0.3, -0.25) is 9.52 Å². The number of hydrogen-bond donors (Lipinski definition) is 1. The second-order valence-electron chi connectivity index (χ2n) is 4.91. The maximum Gasteiger partial charge on any atom is 0.261 e. The fourth-order valence-electron chi connectivity index (χ4n) is 1.97. The van der Waals surface area contributed by atoms with Crippen LogP contribution in [0.3, 0.4) is 0 Å². The predicted octanol–water partition coefficient (Wildman–Crippen LogP) is 4.32. The molecule has 0 saturated heterocycles. The minimum absolute atomic E-state index is 0.00594. The van der Waals surface area contributed by atoms with Crippen LogP contribution in [0.4, 0.5) is 5.69 Å². The summed E-state index contributed by atoms with van der Waals surface area (Å²) < 4.78 is 27.0. The first kappa shape index (κ1) is 17.8. The Bertz CT molecular complexity index is 797. The zero-order valence-electron chi connectivity index (χ0n) is 12.3. The average Bonchev–Trinajstić information content (AvgIpc) is 2.51. The van der Waals surface area contributed by atoms with Gasteiger partial charge in [-0.2, -0.15) is 0 Å². The molecule has 0 atom stereocenters. The molecule has 0 radical (unpaired) electrons. The number of nitrogens with one attached hydrogen (secondary N) is 1. The first-order valence-electron chi connectivity index (χ1n) is 6.91. The molecule has 23 heavy (non-hydrogen) atoms. The zero-order valence-corrected chi connectivity index (χ0v) is 14.7. The van der Waals surface area contributed by atoms with Gasteiger partial charge in [-0.15, -0.1) is 0 Å². The normalized spacial score (nSPS) is 11.3. The lowest BCUT2D eigenvalue weighted by Gasteiger charge is -2.12. The van der Waals surface area contributed by atoms with E-state index in [1.54, 1.807) is 25.1 Å². The largest absolute Gasteiger partial charge is 0.299 e. The SMILES string of the molecule is CCC(=O)Cc1c(Cl)cc(NS(=O)(=O)c2ccccc2)cc1Cl. The molecule has 4 nitrogen and oxygen atoms in total. The number of sulfonamides is 1. The Morgan fingerprint density at radius 1 is 1.09 bits per heavy atom. The van der Waals surface area contributed by atoms with E-state index in [1.165, 1.54) is 24.3 Å². The summed E-state index contributed by atoms with van der Waals surface area (Å²) in [5, 5.41) is 0.509. The molecule has 7 heteroatoms. The van der Waals surface area contributed by atoms with Crippen LogP contribution in [0.25, 0.3) is 0 Å². The van der Waals surface area contributed by atoms with Crippen LogP contribution in [0, 0.1) is 0 Å². The highest BCUT2D eigenvalue weighted by Gasteiger charge is 2.17. The molecule has 0 unspecified atom stereocenters. The monoisotopic (exact) mass is 371 g/mol. The van der Waals surface area contributed by atoms with Gasteiger partial charge in [-0.25, -0.2) is 8.42 Å². The van der Waals surface area contributed by atoms with Crippen molar-refractivity contribution in [2.45, 2.75) is 24.7 Å². The number of Topliss-reactive ketones (excluding diaryl/α,β-unsaturated/α-hetero) is 1. The van der Waals surface area contributed by atoms with Crippen LogP contribution in [-0.2, 0) is 21.2 Å². The number of ketones is 1. The zero-order chi connectivity index (χ0) is 17.0. The van der Waals surface area contributed by atoms with Crippen molar-refractivity contribution in [3.8, 4) is 0 Å². The molecule has 0 saturated carbocycles. The summed E-state index contributed by atoms with van der Waals surface area (Å²) in [7, 11) is -3.72. The maximum atomic E-state index is 12.3. The third kappa shape index (κ3) is 4.47. The van der Waals surface area contributed by atoms with Crippen LogP contribution in [0.1, 0.15) is 18.9 Å². The highest BCUT2D eigenvalue weighted by atomic mass is 35.5. The Balaban J connectivity index is 2.30. The summed E-state index contributed by atoms with van der Waals surface area (Å²) in [5.41, 5.74) is 0.749. The number of rotatable bonds is 6. The highest BCUT2D eigenvalue weighted by Crippen LogP contribution is 2.31. The first-order valence-corrected chi connectivity index (χ1v) is 9.15. The smallest absolute Gasteiger partial charge is 0.261 e. The molecule has 0 heterocycles. The minimum Gasteiger partial charge on any atom is -0.299 e. The molecular weight excluding hydrogens is 357 g/mol. The summed E-state index contributed by atoms with van der Waals surface area (Å²) >= 11 is 12.3. The number of hydrogen-bond acceptors (Lipinski definition) is 3. The van der Waals surface area contributed by atoms with Crippen molar-refractivity contribution in [1.82, 2.24) is 0 Å². The van der Waals surface area contributed by atoms with Gasteiger partial charge >= 0.3 is 0 Å². The molecule has 122 valence electrons. The molecule has 0 fully saturated rings. The fourth-order valence-corrected chi connectivity index (χ4v) is 3.65. The fraction of sp³-hybridized carbons (Fsp3) is 0.188. The summed E-state index contributed by atoms with van der Waals surface area (Å²) in [4.78, 5) is 11.7. The second kappa shape index (κ2) is 7.34. The third-order valence-corrected chi connectivity index (χ3v) is 5.29. The lowest BCUT2D eigenvalue weighted by molar-refractivity contribution is -0.118. The summed E-state index contributed by atoms with van der Waals surface area (Å²) in [6.45, 7) is 1.76.